The van der Waals surface area contributed by atoms with Crippen molar-refractivity contribution in [3.05, 3.63) is 78.5 Å². The Bertz CT molecular complexity index is 1280. The van der Waals surface area contributed by atoms with E-state index in [9.17, 15) is 14.3 Å². The molecule has 4 aromatic rings. The number of phenolic OH excluding ortho intramolecular Hbond substituents is 1. The molecule has 0 radical (unpaired) electrons. The quantitative estimate of drug-likeness (QED) is 0.350. The van der Waals surface area contributed by atoms with E-state index in [-0.39, 0.29) is 17.2 Å². The van der Waals surface area contributed by atoms with Crippen LogP contribution in [-0.2, 0) is 0 Å². The van der Waals surface area contributed by atoms with Gasteiger partial charge in [0.15, 0.2) is 17.4 Å². The first-order valence-electron chi connectivity index (χ1n) is 9.09. The molecule has 2 amide bonds. The van der Waals surface area contributed by atoms with Crippen molar-refractivity contribution in [3.8, 4) is 23.1 Å². The number of rotatable bonds is 6. The fourth-order valence-electron chi connectivity index (χ4n) is 2.67. The zero-order chi connectivity index (χ0) is 22.5. The highest BCUT2D eigenvalue weighted by Crippen LogP contribution is 2.29. The van der Waals surface area contributed by atoms with Crippen LogP contribution in [0.15, 0.2) is 72.2 Å². The summed E-state index contributed by atoms with van der Waals surface area (Å²) in [6.45, 7) is 0. The molecule has 0 fully saturated rings. The smallest absolute Gasteiger partial charge is 0.340 e. The Kier molecular flexibility index (Phi) is 5.66. The van der Waals surface area contributed by atoms with Crippen molar-refractivity contribution in [2.75, 3.05) is 5.01 Å². The average Bonchev–Trinajstić information content (AvgIpc) is 3.31. The van der Waals surface area contributed by atoms with E-state index in [2.05, 4.69) is 25.6 Å². The molecule has 4 rings (SSSR count). The van der Waals surface area contributed by atoms with Crippen molar-refractivity contribution in [3.63, 3.8) is 0 Å². The minimum Gasteiger partial charge on any atom is -0.508 e. The summed E-state index contributed by atoms with van der Waals surface area (Å²) < 4.78 is 21.6. The second-order valence-corrected chi connectivity index (χ2v) is 6.31. The first-order chi connectivity index (χ1) is 15.5. The topological polar surface area (TPSA) is 145 Å². The van der Waals surface area contributed by atoms with Crippen LogP contribution in [0.3, 0.4) is 0 Å². The molecule has 0 saturated heterocycles. The van der Waals surface area contributed by atoms with Crippen LogP contribution in [0.2, 0.25) is 0 Å². The van der Waals surface area contributed by atoms with Gasteiger partial charge in [-0.3, -0.25) is 0 Å². The largest absolute Gasteiger partial charge is 0.508 e. The fourth-order valence-corrected chi connectivity index (χ4v) is 2.67. The van der Waals surface area contributed by atoms with E-state index in [1.165, 1.54) is 59.8 Å². The Hall–Kier alpha value is -4.87. The molecular formula is C20H15FN8O3. The molecule has 0 aliphatic carbocycles. The lowest BCUT2D eigenvalue weighted by molar-refractivity contribution is 0.254. The zero-order valence-electron chi connectivity index (χ0n) is 16.3. The number of aromatic nitrogens is 5. The molecule has 32 heavy (non-hydrogen) atoms. The number of phenols is 1. The molecule has 0 spiro atoms. The van der Waals surface area contributed by atoms with Crippen LogP contribution in [0, 0.1) is 5.82 Å². The number of pyridine rings is 1. The minimum absolute atomic E-state index is 0.0338. The number of hydrogen-bond acceptors (Lipinski definition) is 8. The SMILES string of the molecule is NC(=O)N(/N=C/c1cccc(O)c1)c1ccc(Oc2ccnc(-n3cnnn3)c2)c(F)c1. The number of anilines is 1. The Morgan fingerprint density at radius 2 is 2.09 bits per heavy atom. The van der Waals surface area contributed by atoms with Gasteiger partial charge in [-0.25, -0.2) is 14.2 Å². The Labute approximate surface area is 180 Å². The number of benzene rings is 2. The van der Waals surface area contributed by atoms with Crippen molar-refractivity contribution in [1.82, 2.24) is 25.2 Å². The molecule has 0 aliphatic heterocycles. The van der Waals surface area contributed by atoms with Crippen LogP contribution in [0.1, 0.15) is 5.56 Å². The van der Waals surface area contributed by atoms with Crippen LogP contribution in [-0.4, -0.2) is 42.5 Å². The number of amides is 2. The summed E-state index contributed by atoms with van der Waals surface area (Å²) in [4.78, 5) is 15.9. The van der Waals surface area contributed by atoms with Gasteiger partial charge in [0.1, 0.15) is 17.8 Å². The van der Waals surface area contributed by atoms with E-state index in [1.807, 2.05) is 0 Å². The molecule has 0 aliphatic rings. The monoisotopic (exact) mass is 434 g/mol. The number of hydrazone groups is 1. The van der Waals surface area contributed by atoms with Crippen LogP contribution in [0.25, 0.3) is 5.82 Å². The van der Waals surface area contributed by atoms with Gasteiger partial charge in [-0.15, -0.1) is 5.10 Å². The van der Waals surface area contributed by atoms with E-state index in [4.69, 9.17) is 10.5 Å². The predicted molar refractivity (Wildman–Crippen MR) is 111 cm³/mol. The minimum atomic E-state index is -0.922. The number of ether oxygens (including phenoxy) is 1. The number of nitrogens with two attached hydrogens (primary N) is 1. The molecule has 3 N–H and O–H groups in total. The summed E-state index contributed by atoms with van der Waals surface area (Å²) in [5, 5.41) is 25.1. The van der Waals surface area contributed by atoms with E-state index in [1.54, 1.807) is 12.1 Å². The van der Waals surface area contributed by atoms with Crippen molar-refractivity contribution >= 4 is 17.9 Å². The van der Waals surface area contributed by atoms with Gasteiger partial charge in [-0.2, -0.15) is 14.8 Å². The molecule has 160 valence electrons. The van der Waals surface area contributed by atoms with Crippen molar-refractivity contribution in [2.45, 2.75) is 0 Å². The van der Waals surface area contributed by atoms with Crippen molar-refractivity contribution in [1.29, 1.82) is 0 Å². The number of halogens is 1. The third-order valence-electron chi connectivity index (χ3n) is 4.09. The molecule has 12 heteroatoms. The van der Waals surface area contributed by atoms with Gasteiger partial charge in [0.05, 0.1) is 11.9 Å². The maximum absolute atomic E-state index is 14.7. The van der Waals surface area contributed by atoms with Crippen LogP contribution < -0.4 is 15.5 Å². The van der Waals surface area contributed by atoms with Crippen LogP contribution in [0.5, 0.6) is 17.2 Å². The van der Waals surface area contributed by atoms with Gasteiger partial charge < -0.3 is 15.6 Å². The summed E-state index contributed by atoms with van der Waals surface area (Å²) in [5.74, 6) is -0.130. The number of carbonyl (C=O) groups is 1. The molecule has 2 aromatic carbocycles. The van der Waals surface area contributed by atoms with E-state index >= 15 is 0 Å². The predicted octanol–water partition coefficient (Wildman–Crippen LogP) is 2.61. The van der Waals surface area contributed by atoms with Gasteiger partial charge >= 0.3 is 6.03 Å². The van der Waals surface area contributed by atoms with E-state index < -0.39 is 11.8 Å². The second-order valence-electron chi connectivity index (χ2n) is 6.31. The number of nitrogens with zero attached hydrogens (tertiary/aromatic N) is 7. The average molecular weight is 434 g/mol. The summed E-state index contributed by atoms with van der Waals surface area (Å²) in [6, 6.07) is 12.2. The Morgan fingerprint density at radius 1 is 1.22 bits per heavy atom. The van der Waals surface area contributed by atoms with Gasteiger partial charge in [0.2, 0.25) is 0 Å². The third-order valence-corrected chi connectivity index (χ3v) is 4.09. The summed E-state index contributed by atoms with van der Waals surface area (Å²) in [6.07, 6.45) is 4.13. The molecule has 0 atom stereocenters. The van der Waals surface area contributed by atoms with Gasteiger partial charge in [-0.05, 0) is 46.3 Å². The van der Waals surface area contributed by atoms with Crippen LogP contribution in [0.4, 0.5) is 14.9 Å². The molecule has 0 bridgehead atoms. The Balaban J connectivity index is 1.55. The van der Waals surface area contributed by atoms with E-state index in [0.717, 1.165) is 11.1 Å². The standard InChI is InChI=1S/C20H15FN8O3/c21-17-9-14(29(20(22)31)25-11-13-2-1-3-15(30)8-13)4-5-18(17)32-16-6-7-23-19(10-16)28-12-24-26-27-28/h1-12,30H,(H2,22,31)/b25-11+. The first kappa shape index (κ1) is 20.4. The number of carbonyl (C=O) groups excluding carboxylic acids is 1. The molecular weight excluding hydrogens is 419 g/mol. The Morgan fingerprint density at radius 3 is 2.81 bits per heavy atom. The maximum Gasteiger partial charge on any atom is 0.340 e. The van der Waals surface area contributed by atoms with Gasteiger partial charge in [0, 0.05) is 18.3 Å². The van der Waals surface area contributed by atoms with Crippen LogP contribution >= 0.6 is 0 Å². The first-order valence-corrected chi connectivity index (χ1v) is 9.09. The van der Waals surface area contributed by atoms with Crippen molar-refractivity contribution in [2.24, 2.45) is 10.8 Å². The number of tetrazole rings is 1. The highest BCUT2D eigenvalue weighted by Gasteiger charge is 2.15. The number of hydrogen-bond donors (Lipinski definition) is 2. The molecule has 2 aromatic heterocycles. The van der Waals surface area contributed by atoms with Gasteiger partial charge in [-0.1, -0.05) is 12.1 Å². The maximum atomic E-state index is 14.7. The molecule has 0 unspecified atom stereocenters. The highest BCUT2D eigenvalue weighted by molar-refractivity contribution is 5.93. The third kappa shape index (κ3) is 4.64. The lowest BCUT2D eigenvalue weighted by atomic mass is 10.2. The van der Waals surface area contributed by atoms with Crippen molar-refractivity contribution < 1.29 is 19.0 Å². The molecule has 0 saturated carbocycles. The number of primary amides is 1. The van der Waals surface area contributed by atoms with E-state index in [0.29, 0.717) is 17.1 Å². The zero-order valence-corrected chi connectivity index (χ0v) is 16.3. The summed E-state index contributed by atoms with van der Waals surface area (Å²) in [7, 11) is 0. The van der Waals surface area contributed by atoms with Gasteiger partial charge in [0.25, 0.3) is 0 Å². The fraction of sp³-hybridized carbons (Fsp3) is 0. The highest BCUT2D eigenvalue weighted by atomic mass is 19.1. The number of aromatic hydroxyl groups is 1. The molecule has 11 nitrogen and oxygen atoms in total. The normalized spacial score (nSPS) is 10.9. The summed E-state index contributed by atoms with van der Waals surface area (Å²) in [5.41, 5.74) is 5.99. The number of urea groups is 1. The lowest BCUT2D eigenvalue weighted by Crippen LogP contribution is -2.31. The molecule has 2 heterocycles. The lowest BCUT2D eigenvalue weighted by Gasteiger charge is -2.15. The summed E-state index contributed by atoms with van der Waals surface area (Å²) >= 11 is 0. The second kappa shape index (κ2) is 8.87.